The predicted octanol–water partition coefficient (Wildman–Crippen LogP) is 4.20. The van der Waals surface area contributed by atoms with Crippen molar-refractivity contribution in [3.63, 3.8) is 0 Å². The van der Waals surface area contributed by atoms with Crippen LogP contribution in [-0.4, -0.2) is 13.0 Å². The summed E-state index contributed by atoms with van der Waals surface area (Å²) >= 11 is 0. The van der Waals surface area contributed by atoms with E-state index in [-0.39, 0.29) is 5.75 Å². The molecule has 4 nitrogen and oxygen atoms in total. The predicted molar refractivity (Wildman–Crippen MR) is 89.5 cm³/mol. The Balaban J connectivity index is 2.25. The summed E-state index contributed by atoms with van der Waals surface area (Å²) < 4.78 is 36.7. The van der Waals surface area contributed by atoms with E-state index in [2.05, 4.69) is 0 Å². The molecule has 0 fully saturated rings. The zero-order chi connectivity index (χ0) is 16.3. The third kappa shape index (κ3) is 3.59. The summed E-state index contributed by atoms with van der Waals surface area (Å²) in [6, 6.07) is 23.9. The first-order valence-corrected chi connectivity index (χ1v) is 8.32. The molecule has 0 saturated carbocycles. The van der Waals surface area contributed by atoms with Gasteiger partial charge >= 0.3 is 10.4 Å². The second-order valence-electron chi connectivity index (χ2n) is 4.93. The van der Waals surface area contributed by atoms with Gasteiger partial charge in [0.15, 0.2) is 5.75 Å². The van der Waals surface area contributed by atoms with E-state index in [0.717, 1.165) is 11.1 Å². The first-order chi connectivity index (χ1) is 11.0. The normalized spacial score (nSPS) is 11.2. The molecule has 0 unspecified atom stereocenters. The lowest BCUT2D eigenvalue weighted by Gasteiger charge is -2.14. The molecule has 0 radical (unpaired) electrons. The van der Waals surface area contributed by atoms with Gasteiger partial charge in [0.25, 0.3) is 0 Å². The lowest BCUT2D eigenvalue weighted by molar-refractivity contribution is 0.388. The molecule has 3 rings (SSSR count). The molecule has 0 aromatic heterocycles. The molecule has 0 bridgehead atoms. The van der Waals surface area contributed by atoms with Gasteiger partial charge in [-0.15, -0.1) is 0 Å². The highest BCUT2D eigenvalue weighted by Crippen LogP contribution is 2.39. The van der Waals surface area contributed by atoms with Gasteiger partial charge in [0, 0.05) is 11.1 Å². The smallest absolute Gasteiger partial charge is 0.360 e. The van der Waals surface area contributed by atoms with E-state index in [4.69, 9.17) is 8.74 Å². The highest BCUT2D eigenvalue weighted by Gasteiger charge is 2.18. The topological polar surface area (TPSA) is 63.6 Å². The minimum absolute atomic E-state index is 0.104. The Hall–Kier alpha value is -2.63. The average molecular weight is 326 g/mol. The Morgan fingerprint density at radius 2 is 1.09 bits per heavy atom. The van der Waals surface area contributed by atoms with E-state index in [0.29, 0.717) is 11.1 Å². The van der Waals surface area contributed by atoms with Gasteiger partial charge in [-0.1, -0.05) is 78.9 Å². The molecule has 0 aliphatic rings. The van der Waals surface area contributed by atoms with E-state index in [1.54, 1.807) is 12.1 Å². The highest BCUT2D eigenvalue weighted by atomic mass is 32.3. The third-order valence-electron chi connectivity index (χ3n) is 3.37. The van der Waals surface area contributed by atoms with Gasteiger partial charge in [-0.05, 0) is 11.1 Å². The molecular formula is C18H14O4S. The SMILES string of the molecule is O=S(=O)(O)Oc1c(-c2ccccc2)cccc1-c1ccccc1. The monoisotopic (exact) mass is 326 g/mol. The van der Waals surface area contributed by atoms with Crippen LogP contribution < -0.4 is 4.18 Å². The molecule has 23 heavy (non-hydrogen) atoms. The van der Waals surface area contributed by atoms with Crippen LogP contribution in [0, 0.1) is 0 Å². The third-order valence-corrected chi connectivity index (χ3v) is 3.75. The number of rotatable bonds is 4. The Morgan fingerprint density at radius 3 is 1.48 bits per heavy atom. The zero-order valence-electron chi connectivity index (χ0n) is 12.1. The fraction of sp³-hybridized carbons (Fsp3) is 0. The number of hydrogen-bond acceptors (Lipinski definition) is 3. The van der Waals surface area contributed by atoms with Gasteiger partial charge in [0.1, 0.15) is 0 Å². The highest BCUT2D eigenvalue weighted by molar-refractivity contribution is 7.81. The molecule has 3 aromatic rings. The van der Waals surface area contributed by atoms with Crippen LogP contribution in [0.25, 0.3) is 22.3 Å². The second kappa shape index (κ2) is 6.24. The van der Waals surface area contributed by atoms with Crippen molar-refractivity contribution in [2.24, 2.45) is 0 Å². The molecular weight excluding hydrogens is 312 g/mol. The van der Waals surface area contributed by atoms with Gasteiger partial charge in [0.2, 0.25) is 0 Å². The number of hydrogen-bond donors (Lipinski definition) is 1. The van der Waals surface area contributed by atoms with Crippen molar-refractivity contribution in [2.75, 3.05) is 0 Å². The maximum atomic E-state index is 11.3. The van der Waals surface area contributed by atoms with Gasteiger partial charge < -0.3 is 4.18 Å². The minimum Gasteiger partial charge on any atom is -0.360 e. The van der Waals surface area contributed by atoms with Gasteiger partial charge in [0.05, 0.1) is 0 Å². The van der Waals surface area contributed by atoms with Crippen LogP contribution in [0.4, 0.5) is 0 Å². The fourth-order valence-corrected chi connectivity index (χ4v) is 2.81. The second-order valence-corrected chi connectivity index (χ2v) is 5.95. The van der Waals surface area contributed by atoms with Gasteiger partial charge in [-0.3, -0.25) is 4.55 Å². The summed E-state index contributed by atoms with van der Waals surface area (Å²) in [6.07, 6.45) is 0. The van der Waals surface area contributed by atoms with Crippen molar-refractivity contribution < 1.29 is 17.2 Å². The van der Waals surface area contributed by atoms with E-state index in [9.17, 15) is 8.42 Å². The summed E-state index contributed by atoms with van der Waals surface area (Å²) in [5.41, 5.74) is 2.77. The molecule has 0 atom stereocenters. The maximum absolute atomic E-state index is 11.3. The summed E-state index contributed by atoms with van der Waals surface area (Å²) in [5, 5.41) is 0. The Labute approximate surface area is 134 Å². The molecule has 1 N–H and O–H groups in total. The van der Waals surface area contributed by atoms with Crippen molar-refractivity contribution in [2.45, 2.75) is 0 Å². The number of benzene rings is 3. The Kier molecular flexibility index (Phi) is 4.14. The molecule has 3 aromatic carbocycles. The molecule has 0 aliphatic heterocycles. The van der Waals surface area contributed by atoms with Crippen molar-refractivity contribution in [1.29, 1.82) is 0 Å². The van der Waals surface area contributed by atoms with Crippen molar-refractivity contribution in [1.82, 2.24) is 0 Å². The van der Waals surface area contributed by atoms with Crippen molar-refractivity contribution >= 4 is 10.4 Å². The summed E-state index contributed by atoms with van der Waals surface area (Å²) in [5.74, 6) is 0.104. The zero-order valence-corrected chi connectivity index (χ0v) is 12.9. The van der Waals surface area contributed by atoms with Crippen LogP contribution in [0.15, 0.2) is 78.9 Å². The largest absolute Gasteiger partial charge is 0.446 e. The Morgan fingerprint density at radius 1 is 0.652 bits per heavy atom. The van der Waals surface area contributed by atoms with Crippen LogP contribution in [0.3, 0.4) is 0 Å². The van der Waals surface area contributed by atoms with E-state index < -0.39 is 10.4 Å². The molecule has 0 aliphatic carbocycles. The van der Waals surface area contributed by atoms with Gasteiger partial charge in [-0.25, -0.2) is 0 Å². The van der Waals surface area contributed by atoms with Crippen LogP contribution in [0.5, 0.6) is 5.75 Å². The molecule has 0 amide bonds. The standard InChI is InChI=1S/C18H14O4S/c19-23(20,21)22-18-16(14-8-3-1-4-9-14)12-7-13-17(18)15-10-5-2-6-11-15/h1-13H,(H,19,20,21). The van der Waals surface area contributed by atoms with Crippen LogP contribution in [-0.2, 0) is 10.4 Å². The molecule has 0 saturated heterocycles. The summed E-state index contributed by atoms with van der Waals surface area (Å²) in [6.45, 7) is 0. The lowest BCUT2D eigenvalue weighted by Crippen LogP contribution is -2.08. The van der Waals surface area contributed by atoms with Crippen molar-refractivity contribution in [3.8, 4) is 28.0 Å². The summed E-state index contributed by atoms with van der Waals surface area (Å²) in [4.78, 5) is 0. The average Bonchev–Trinajstić information content (AvgIpc) is 2.55. The molecule has 0 heterocycles. The van der Waals surface area contributed by atoms with Crippen LogP contribution in [0.2, 0.25) is 0 Å². The lowest BCUT2D eigenvalue weighted by atomic mass is 9.97. The van der Waals surface area contributed by atoms with Crippen LogP contribution >= 0.6 is 0 Å². The first kappa shape index (κ1) is 15.3. The quantitative estimate of drug-likeness (QED) is 0.730. The fourth-order valence-electron chi connectivity index (χ4n) is 2.42. The van der Waals surface area contributed by atoms with E-state index in [1.807, 2.05) is 66.7 Å². The Bertz CT molecular complexity index is 847. The van der Waals surface area contributed by atoms with Crippen molar-refractivity contribution in [3.05, 3.63) is 78.9 Å². The van der Waals surface area contributed by atoms with E-state index in [1.165, 1.54) is 0 Å². The summed E-state index contributed by atoms with van der Waals surface area (Å²) in [7, 11) is -4.64. The number of para-hydroxylation sites is 1. The molecule has 0 spiro atoms. The molecule has 5 heteroatoms. The maximum Gasteiger partial charge on any atom is 0.446 e. The van der Waals surface area contributed by atoms with Gasteiger partial charge in [-0.2, -0.15) is 8.42 Å². The van der Waals surface area contributed by atoms with Crippen LogP contribution in [0.1, 0.15) is 0 Å². The first-order valence-electron chi connectivity index (χ1n) is 6.95. The molecule has 116 valence electrons. The van der Waals surface area contributed by atoms with E-state index >= 15 is 0 Å². The minimum atomic E-state index is -4.64.